The van der Waals surface area contributed by atoms with Gasteiger partial charge in [0.1, 0.15) is 6.04 Å². The Morgan fingerprint density at radius 2 is 1.88 bits per heavy atom. The molecule has 17 heavy (non-hydrogen) atoms. The number of carboxylic acids is 1. The number of urea groups is 1. The van der Waals surface area contributed by atoms with Crippen molar-refractivity contribution in [3.63, 3.8) is 0 Å². The summed E-state index contributed by atoms with van der Waals surface area (Å²) in [5, 5.41) is 11.5. The standard InChI is InChI=1S/C11H21N3O3/c1-3-4-9(10(15)16)12-11(17)14-7-5-13(2)6-8-14/h9H,3-8H2,1-2H3,(H,12,17)(H,15,16)/t9-/m0/s1. The molecule has 0 bridgehead atoms. The van der Waals surface area contributed by atoms with Gasteiger partial charge in [-0.15, -0.1) is 0 Å². The van der Waals surface area contributed by atoms with E-state index in [1.807, 2.05) is 14.0 Å². The Bertz CT molecular complexity index is 275. The van der Waals surface area contributed by atoms with Gasteiger partial charge in [-0.3, -0.25) is 0 Å². The molecule has 1 saturated heterocycles. The van der Waals surface area contributed by atoms with Crippen LogP contribution in [0.4, 0.5) is 4.79 Å². The summed E-state index contributed by atoms with van der Waals surface area (Å²) in [6, 6.07) is -1.04. The maximum atomic E-state index is 11.8. The smallest absolute Gasteiger partial charge is 0.326 e. The number of nitrogens with one attached hydrogen (secondary N) is 1. The van der Waals surface area contributed by atoms with Crippen molar-refractivity contribution >= 4 is 12.0 Å². The first-order chi connectivity index (χ1) is 8.04. The van der Waals surface area contributed by atoms with Crippen LogP contribution in [0.1, 0.15) is 19.8 Å². The molecule has 0 aromatic carbocycles. The van der Waals surface area contributed by atoms with Crippen LogP contribution in [0, 0.1) is 0 Å². The fourth-order valence-electron chi connectivity index (χ4n) is 1.80. The van der Waals surface area contributed by atoms with E-state index in [2.05, 4.69) is 10.2 Å². The van der Waals surface area contributed by atoms with E-state index < -0.39 is 12.0 Å². The summed E-state index contributed by atoms with van der Waals surface area (Å²) in [5.41, 5.74) is 0. The fourth-order valence-corrected chi connectivity index (χ4v) is 1.80. The third kappa shape index (κ3) is 4.22. The molecule has 6 heteroatoms. The SMILES string of the molecule is CCC[C@H](NC(=O)N1CCN(C)CC1)C(=O)O. The Balaban J connectivity index is 2.44. The number of aliphatic carboxylic acids is 1. The highest BCUT2D eigenvalue weighted by Gasteiger charge is 2.24. The van der Waals surface area contributed by atoms with Crippen molar-refractivity contribution in [1.82, 2.24) is 15.1 Å². The van der Waals surface area contributed by atoms with Crippen molar-refractivity contribution in [1.29, 1.82) is 0 Å². The van der Waals surface area contributed by atoms with Crippen LogP contribution in [0.15, 0.2) is 0 Å². The number of carbonyl (C=O) groups excluding carboxylic acids is 1. The lowest BCUT2D eigenvalue weighted by molar-refractivity contribution is -0.139. The van der Waals surface area contributed by atoms with Crippen LogP contribution in [0.5, 0.6) is 0 Å². The number of likely N-dealkylation sites (N-methyl/N-ethyl adjacent to an activating group) is 1. The minimum atomic E-state index is -0.964. The Hall–Kier alpha value is -1.30. The van der Waals surface area contributed by atoms with Crippen molar-refractivity contribution < 1.29 is 14.7 Å². The number of hydrogen-bond acceptors (Lipinski definition) is 3. The molecule has 0 unspecified atom stereocenters. The van der Waals surface area contributed by atoms with Crippen molar-refractivity contribution in [2.45, 2.75) is 25.8 Å². The van der Waals surface area contributed by atoms with E-state index in [-0.39, 0.29) is 6.03 Å². The minimum Gasteiger partial charge on any atom is -0.480 e. The van der Waals surface area contributed by atoms with Gasteiger partial charge in [0, 0.05) is 26.2 Å². The molecule has 0 radical (unpaired) electrons. The first-order valence-electron chi connectivity index (χ1n) is 6.01. The summed E-state index contributed by atoms with van der Waals surface area (Å²) in [4.78, 5) is 26.6. The van der Waals surface area contributed by atoms with Crippen molar-refractivity contribution in [3.05, 3.63) is 0 Å². The molecule has 6 nitrogen and oxygen atoms in total. The molecule has 2 amide bonds. The number of carboxylic acid groups (broad SMARTS) is 1. The largest absolute Gasteiger partial charge is 0.480 e. The molecule has 1 atom stereocenters. The molecule has 1 fully saturated rings. The maximum Gasteiger partial charge on any atom is 0.326 e. The van der Waals surface area contributed by atoms with Gasteiger partial charge in [0.2, 0.25) is 0 Å². The molecule has 1 rings (SSSR count). The second-order valence-electron chi connectivity index (χ2n) is 4.42. The number of carbonyl (C=O) groups is 2. The van der Waals surface area contributed by atoms with Gasteiger partial charge >= 0.3 is 12.0 Å². The van der Waals surface area contributed by atoms with E-state index in [4.69, 9.17) is 5.11 Å². The summed E-state index contributed by atoms with van der Waals surface area (Å²) in [6.07, 6.45) is 1.20. The normalized spacial score (nSPS) is 18.8. The molecule has 1 heterocycles. The zero-order valence-corrected chi connectivity index (χ0v) is 10.5. The van der Waals surface area contributed by atoms with Gasteiger partial charge < -0.3 is 20.2 Å². The lowest BCUT2D eigenvalue weighted by atomic mass is 10.2. The minimum absolute atomic E-state index is 0.265. The van der Waals surface area contributed by atoms with Gasteiger partial charge in [-0.1, -0.05) is 13.3 Å². The van der Waals surface area contributed by atoms with Crippen molar-refractivity contribution in [3.8, 4) is 0 Å². The molecule has 1 aliphatic heterocycles. The Labute approximate surface area is 102 Å². The predicted octanol–water partition coefficient (Wildman–Crippen LogP) is 0.197. The third-order valence-electron chi connectivity index (χ3n) is 2.96. The quantitative estimate of drug-likeness (QED) is 0.739. The van der Waals surface area contributed by atoms with Gasteiger partial charge in [0.25, 0.3) is 0 Å². The fraction of sp³-hybridized carbons (Fsp3) is 0.818. The second-order valence-corrected chi connectivity index (χ2v) is 4.42. The van der Waals surface area contributed by atoms with Crippen LogP contribution in [0.2, 0.25) is 0 Å². The monoisotopic (exact) mass is 243 g/mol. The first kappa shape index (κ1) is 13.8. The lowest BCUT2D eigenvalue weighted by Crippen LogP contribution is -2.53. The van der Waals surface area contributed by atoms with Crippen LogP contribution in [-0.4, -0.2) is 66.2 Å². The average molecular weight is 243 g/mol. The number of piperazine rings is 1. The molecular formula is C11H21N3O3. The van der Waals surface area contributed by atoms with E-state index in [1.165, 1.54) is 0 Å². The predicted molar refractivity (Wildman–Crippen MR) is 63.9 cm³/mol. The number of rotatable bonds is 4. The summed E-state index contributed by atoms with van der Waals surface area (Å²) >= 11 is 0. The third-order valence-corrected chi connectivity index (χ3v) is 2.96. The van der Waals surface area contributed by atoms with Gasteiger partial charge in [-0.05, 0) is 13.5 Å². The Morgan fingerprint density at radius 3 is 2.35 bits per heavy atom. The van der Waals surface area contributed by atoms with Crippen LogP contribution in [0.25, 0.3) is 0 Å². The Morgan fingerprint density at radius 1 is 1.29 bits per heavy atom. The van der Waals surface area contributed by atoms with Crippen LogP contribution in [0.3, 0.4) is 0 Å². The molecule has 2 N–H and O–H groups in total. The molecule has 1 aliphatic rings. The topological polar surface area (TPSA) is 72.9 Å². The number of nitrogens with zero attached hydrogens (tertiary/aromatic N) is 2. The summed E-state index contributed by atoms with van der Waals surface area (Å²) in [7, 11) is 2.01. The molecule has 0 aliphatic carbocycles. The van der Waals surface area contributed by atoms with Crippen molar-refractivity contribution in [2.75, 3.05) is 33.2 Å². The zero-order valence-electron chi connectivity index (χ0n) is 10.5. The van der Waals surface area contributed by atoms with E-state index in [0.29, 0.717) is 19.5 Å². The van der Waals surface area contributed by atoms with Gasteiger partial charge in [-0.2, -0.15) is 0 Å². The maximum absolute atomic E-state index is 11.8. The molecular weight excluding hydrogens is 222 g/mol. The van der Waals surface area contributed by atoms with Gasteiger partial charge in [-0.25, -0.2) is 9.59 Å². The molecule has 0 aromatic heterocycles. The number of amides is 2. The number of hydrogen-bond donors (Lipinski definition) is 2. The summed E-state index contributed by atoms with van der Waals surface area (Å²) in [5.74, 6) is -0.964. The molecule has 0 spiro atoms. The Kier molecular flexibility index (Phi) is 5.21. The average Bonchev–Trinajstić information content (AvgIpc) is 2.29. The van der Waals surface area contributed by atoms with E-state index in [0.717, 1.165) is 19.5 Å². The van der Waals surface area contributed by atoms with E-state index in [9.17, 15) is 9.59 Å². The van der Waals surface area contributed by atoms with E-state index >= 15 is 0 Å². The lowest BCUT2D eigenvalue weighted by Gasteiger charge is -2.33. The highest BCUT2D eigenvalue weighted by molar-refractivity contribution is 5.82. The van der Waals surface area contributed by atoms with Crippen LogP contribution < -0.4 is 5.32 Å². The summed E-state index contributed by atoms with van der Waals surface area (Å²) < 4.78 is 0. The van der Waals surface area contributed by atoms with Crippen LogP contribution in [-0.2, 0) is 4.79 Å². The molecule has 98 valence electrons. The first-order valence-corrected chi connectivity index (χ1v) is 6.01. The second kappa shape index (κ2) is 6.44. The van der Waals surface area contributed by atoms with Gasteiger partial charge in [0.15, 0.2) is 0 Å². The van der Waals surface area contributed by atoms with Crippen LogP contribution >= 0.6 is 0 Å². The molecule has 0 aromatic rings. The van der Waals surface area contributed by atoms with E-state index in [1.54, 1.807) is 4.90 Å². The highest BCUT2D eigenvalue weighted by atomic mass is 16.4. The van der Waals surface area contributed by atoms with Crippen molar-refractivity contribution in [2.24, 2.45) is 0 Å². The highest BCUT2D eigenvalue weighted by Crippen LogP contribution is 2.02. The van der Waals surface area contributed by atoms with Gasteiger partial charge in [0.05, 0.1) is 0 Å². The summed E-state index contributed by atoms with van der Waals surface area (Å²) in [6.45, 7) is 4.87. The molecule has 0 saturated carbocycles. The zero-order chi connectivity index (χ0) is 12.8.